The highest BCUT2D eigenvalue weighted by atomic mass is 19.4. The molecule has 0 aliphatic carbocycles. The minimum Gasteiger partial charge on any atom is -0.327 e. The highest BCUT2D eigenvalue weighted by Gasteiger charge is 2.34. The predicted octanol–water partition coefficient (Wildman–Crippen LogP) is 4.42. The first-order valence-electron chi connectivity index (χ1n) is 6.01. The Balaban J connectivity index is 2.70. The molecule has 2 rings (SSSR count). The van der Waals surface area contributed by atoms with Crippen LogP contribution in [-0.4, -0.2) is 9.55 Å². The Morgan fingerprint density at radius 3 is 2.44 bits per heavy atom. The van der Waals surface area contributed by atoms with Crippen LogP contribution < -0.4 is 0 Å². The van der Waals surface area contributed by atoms with Crippen molar-refractivity contribution in [1.29, 1.82) is 0 Å². The molecule has 0 unspecified atom stereocenters. The Bertz CT molecular complexity index is 539. The van der Waals surface area contributed by atoms with E-state index in [1.807, 2.05) is 13.8 Å². The smallest absolute Gasteiger partial charge is 0.327 e. The van der Waals surface area contributed by atoms with Gasteiger partial charge in [-0.15, -0.1) is 0 Å². The van der Waals surface area contributed by atoms with Crippen LogP contribution >= 0.6 is 0 Å². The van der Waals surface area contributed by atoms with Gasteiger partial charge in [-0.2, -0.15) is 13.2 Å². The number of rotatable bonds is 3. The van der Waals surface area contributed by atoms with Crippen molar-refractivity contribution in [2.24, 2.45) is 0 Å². The van der Waals surface area contributed by atoms with Crippen LogP contribution in [0, 0.1) is 0 Å². The van der Waals surface area contributed by atoms with Gasteiger partial charge in [0, 0.05) is 6.04 Å². The Morgan fingerprint density at radius 2 is 1.89 bits per heavy atom. The molecule has 0 saturated carbocycles. The summed E-state index contributed by atoms with van der Waals surface area (Å²) in [4.78, 5) is 4.07. The lowest BCUT2D eigenvalue weighted by molar-refractivity contribution is -0.136. The maximum Gasteiger partial charge on any atom is 0.418 e. The van der Waals surface area contributed by atoms with E-state index in [0.29, 0.717) is 5.52 Å². The van der Waals surface area contributed by atoms with Gasteiger partial charge in [-0.3, -0.25) is 0 Å². The predicted molar refractivity (Wildman–Crippen MR) is 64.4 cm³/mol. The highest BCUT2D eigenvalue weighted by Crippen LogP contribution is 2.36. The Morgan fingerprint density at radius 1 is 1.22 bits per heavy atom. The van der Waals surface area contributed by atoms with E-state index >= 15 is 0 Å². The van der Waals surface area contributed by atoms with Gasteiger partial charge in [0.1, 0.15) is 0 Å². The molecule has 98 valence electrons. The number of hydrogen-bond donors (Lipinski definition) is 0. The van der Waals surface area contributed by atoms with E-state index in [2.05, 4.69) is 4.98 Å². The van der Waals surface area contributed by atoms with E-state index in [1.54, 1.807) is 10.6 Å². The minimum atomic E-state index is -4.34. The molecule has 2 aromatic rings. The molecule has 0 spiro atoms. The first-order chi connectivity index (χ1) is 8.49. The maximum atomic E-state index is 13.0. The zero-order valence-electron chi connectivity index (χ0n) is 10.3. The van der Waals surface area contributed by atoms with Crippen molar-refractivity contribution in [2.45, 2.75) is 38.9 Å². The summed E-state index contributed by atoms with van der Waals surface area (Å²) in [7, 11) is 0. The first-order valence-corrected chi connectivity index (χ1v) is 6.01. The highest BCUT2D eigenvalue weighted by molar-refractivity contribution is 5.79. The molecule has 0 fully saturated rings. The molecule has 0 saturated heterocycles. The van der Waals surface area contributed by atoms with Crippen LogP contribution in [0.15, 0.2) is 24.5 Å². The third kappa shape index (κ3) is 2.09. The van der Waals surface area contributed by atoms with E-state index < -0.39 is 11.7 Å². The van der Waals surface area contributed by atoms with Crippen LogP contribution in [0.25, 0.3) is 11.0 Å². The van der Waals surface area contributed by atoms with Crippen molar-refractivity contribution in [3.8, 4) is 0 Å². The summed E-state index contributed by atoms with van der Waals surface area (Å²) in [6.45, 7) is 3.94. The molecule has 18 heavy (non-hydrogen) atoms. The van der Waals surface area contributed by atoms with Crippen molar-refractivity contribution in [1.82, 2.24) is 9.55 Å². The molecule has 0 aliphatic heterocycles. The van der Waals surface area contributed by atoms with Crippen molar-refractivity contribution in [3.05, 3.63) is 30.1 Å². The molecule has 0 radical (unpaired) electrons. The van der Waals surface area contributed by atoms with Gasteiger partial charge in [0.25, 0.3) is 0 Å². The summed E-state index contributed by atoms with van der Waals surface area (Å²) in [5.41, 5.74) is -0.0141. The fourth-order valence-electron chi connectivity index (χ4n) is 2.28. The number of hydrogen-bond acceptors (Lipinski definition) is 1. The summed E-state index contributed by atoms with van der Waals surface area (Å²) >= 11 is 0. The number of halogens is 3. The lowest BCUT2D eigenvalue weighted by Gasteiger charge is -2.18. The Kier molecular flexibility index (Phi) is 3.32. The van der Waals surface area contributed by atoms with E-state index in [1.165, 1.54) is 12.4 Å². The topological polar surface area (TPSA) is 17.8 Å². The lowest BCUT2D eigenvalue weighted by Crippen LogP contribution is -2.11. The number of benzene rings is 1. The largest absolute Gasteiger partial charge is 0.418 e. The van der Waals surface area contributed by atoms with Gasteiger partial charge >= 0.3 is 6.18 Å². The second kappa shape index (κ2) is 4.63. The summed E-state index contributed by atoms with van der Waals surface area (Å²) in [5, 5.41) is 0. The van der Waals surface area contributed by atoms with Crippen LogP contribution in [0.2, 0.25) is 0 Å². The number of imidazole rings is 1. The number of aromatic nitrogens is 2. The van der Waals surface area contributed by atoms with Crippen molar-refractivity contribution >= 4 is 11.0 Å². The molecule has 0 N–H and O–H groups in total. The summed E-state index contributed by atoms with van der Waals surface area (Å²) in [6.07, 6.45) is -1.26. The van der Waals surface area contributed by atoms with Gasteiger partial charge in [0.2, 0.25) is 0 Å². The summed E-state index contributed by atoms with van der Waals surface area (Å²) in [6, 6.07) is 4.18. The second-order valence-electron chi connectivity index (χ2n) is 4.29. The molecule has 1 heterocycles. The van der Waals surface area contributed by atoms with E-state index in [-0.39, 0.29) is 11.6 Å². The van der Waals surface area contributed by atoms with E-state index in [0.717, 1.165) is 18.9 Å². The SMILES string of the molecule is CCC(CC)n1cnc2cccc(C(F)(F)F)c21. The van der Waals surface area contributed by atoms with E-state index in [4.69, 9.17) is 0 Å². The van der Waals surface area contributed by atoms with Crippen molar-refractivity contribution in [2.75, 3.05) is 0 Å². The van der Waals surface area contributed by atoms with Crippen LogP contribution in [0.4, 0.5) is 13.2 Å². The molecule has 1 aromatic heterocycles. The fourth-order valence-corrected chi connectivity index (χ4v) is 2.28. The molecule has 0 bridgehead atoms. The normalized spacial score (nSPS) is 12.6. The Labute approximate surface area is 103 Å². The average Bonchev–Trinajstić information content (AvgIpc) is 2.73. The third-order valence-electron chi connectivity index (χ3n) is 3.24. The fraction of sp³-hybridized carbons (Fsp3) is 0.462. The molecule has 0 aliphatic rings. The number of para-hydroxylation sites is 1. The van der Waals surface area contributed by atoms with Crippen LogP contribution in [0.5, 0.6) is 0 Å². The number of nitrogens with zero attached hydrogens (tertiary/aromatic N) is 2. The summed E-state index contributed by atoms with van der Waals surface area (Å²) in [5.74, 6) is 0. The van der Waals surface area contributed by atoms with Gasteiger partial charge in [-0.25, -0.2) is 4.98 Å². The van der Waals surface area contributed by atoms with Crippen LogP contribution in [0.1, 0.15) is 38.3 Å². The Hall–Kier alpha value is -1.52. The molecule has 1 aromatic carbocycles. The molecule has 0 amide bonds. The van der Waals surface area contributed by atoms with Gasteiger partial charge in [0.15, 0.2) is 0 Å². The van der Waals surface area contributed by atoms with E-state index in [9.17, 15) is 13.2 Å². The second-order valence-corrected chi connectivity index (χ2v) is 4.29. The van der Waals surface area contributed by atoms with Crippen molar-refractivity contribution < 1.29 is 13.2 Å². The number of alkyl halides is 3. The zero-order valence-corrected chi connectivity index (χ0v) is 10.3. The summed E-state index contributed by atoms with van der Waals surface area (Å²) < 4.78 is 40.7. The zero-order chi connectivity index (χ0) is 13.3. The molecule has 2 nitrogen and oxygen atoms in total. The van der Waals surface area contributed by atoms with Gasteiger partial charge in [-0.1, -0.05) is 19.9 Å². The monoisotopic (exact) mass is 256 g/mol. The third-order valence-corrected chi connectivity index (χ3v) is 3.24. The maximum absolute atomic E-state index is 13.0. The molecule has 5 heteroatoms. The first kappa shape index (κ1) is 12.9. The average molecular weight is 256 g/mol. The molecular weight excluding hydrogens is 241 g/mol. The lowest BCUT2D eigenvalue weighted by atomic mass is 10.1. The standard InChI is InChI=1S/C13H15F3N2/c1-3-9(4-2)18-8-17-11-7-5-6-10(12(11)18)13(14,15)16/h5-9H,3-4H2,1-2H3. The van der Waals surface area contributed by atoms with Crippen LogP contribution in [0.3, 0.4) is 0 Å². The minimum absolute atomic E-state index is 0.0542. The van der Waals surface area contributed by atoms with Crippen LogP contribution in [-0.2, 0) is 6.18 Å². The quantitative estimate of drug-likeness (QED) is 0.795. The molecular formula is C13H15F3N2. The number of fused-ring (bicyclic) bond motifs is 1. The van der Waals surface area contributed by atoms with Gasteiger partial charge in [0.05, 0.1) is 22.9 Å². The van der Waals surface area contributed by atoms with Crippen molar-refractivity contribution in [3.63, 3.8) is 0 Å². The van der Waals surface area contributed by atoms with Gasteiger partial charge < -0.3 is 4.57 Å². The molecule has 0 atom stereocenters. The van der Waals surface area contributed by atoms with Gasteiger partial charge in [-0.05, 0) is 25.0 Å².